The highest BCUT2D eigenvalue weighted by Gasteiger charge is 2.23. The third-order valence-electron chi connectivity index (χ3n) is 5.38. The Morgan fingerprint density at radius 2 is 1.85 bits per heavy atom. The molecule has 0 aliphatic rings. The van der Waals surface area contributed by atoms with E-state index in [9.17, 15) is 9.59 Å². The summed E-state index contributed by atoms with van der Waals surface area (Å²) >= 11 is 4.31. The number of ether oxygens (including phenoxy) is 1. The highest BCUT2D eigenvalue weighted by atomic mass is 32.2. The molecule has 4 aromatic rings. The number of nitrogens with zero attached hydrogens (tertiary/aromatic N) is 3. The number of aryl methyl sites for hydroxylation is 1. The van der Waals surface area contributed by atoms with Gasteiger partial charge in [0.1, 0.15) is 10.6 Å². The zero-order valence-corrected chi connectivity index (χ0v) is 21.7. The van der Waals surface area contributed by atoms with E-state index in [1.165, 1.54) is 40.6 Å². The van der Waals surface area contributed by atoms with E-state index in [2.05, 4.69) is 34.7 Å². The lowest BCUT2D eigenvalue weighted by atomic mass is 10.0. The van der Waals surface area contributed by atoms with Gasteiger partial charge in [-0.15, -0.1) is 32.9 Å². The van der Waals surface area contributed by atoms with E-state index in [1.807, 2.05) is 47.3 Å². The van der Waals surface area contributed by atoms with Gasteiger partial charge in [-0.1, -0.05) is 49.0 Å². The van der Waals surface area contributed by atoms with Gasteiger partial charge in [-0.2, -0.15) is 0 Å². The van der Waals surface area contributed by atoms with Crippen molar-refractivity contribution in [3.63, 3.8) is 0 Å². The average molecular weight is 513 g/mol. The van der Waals surface area contributed by atoms with Crippen LogP contribution < -0.4 is 5.32 Å². The molecule has 0 bridgehead atoms. The van der Waals surface area contributed by atoms with E-state index in [-0.39, 0.29) is 11.7 Å². The zero-order chi connectivity index (χ0) is 24.2. The van der Waals surface area contributed by atoms with Gasteiger partial charge in [-0.05, 0) is 24.5 Å². The van der Waals surface area contributed by atoms with E-state index >= 15 is 0 Å². The number of thioether (sulfide) groups is 1. The van der Waals surface area contributed by atoms with E-state index in [0.717, 1.165) is 28.9 Å². The van der Waals surface area contributed by atoms with Crippen molar-refractivity contribution in [2.75, 3.05) is 18.2 Å². The van der Waals surface area contributed by atoms with Gasteiger partial charge in [0.25, 0.3) is 0 Å². The van der Waals surface area contributed by atoms with Gasteiger partial charge >= 0.3 is 5.97 Å². The lowest BCUT2D eigenvalue weighted by molar-refractivity contribution is -0.113. The number of benzene rings is 1. The van der Waals surface area contributed by atoms with E-state index in [1.54, 1.807) is 11.3 Å². The number of esters is 1. The summed E-state index contributed by atoms with van der Waals surface area (Å²) in [6.45, 7) is 4.24. The minimum Gasteiger partial charge on any atom is -0.465 e. The minimum absolute atomic E-state index is 0.133. The van der Waals surface area contributed by atoms with Crippen molar-refractivity contribution in [1.29, 1.82) is 0 Å². The Morgan fingerprint density at radius 1 is 1.12 bits per heavy atom. The number of thiophene rings is 2. The maximum absolute atomic E-state index is 12.8. The van der Waals surface area contributed by atoms with Crippen LogP contribution in [-0.4, -0.2) is 39.5 Å². The first kappa shape index (κ1) is 24.2. The Morgan fingerprint density at radius 3 is 2.56 bits per heavy atom. The molecule has 1 amide bonds. The van der Waals surface area contributed by atoms with E-state index in [0.29, 0.717) is 15.7 Å². The van der Waals surface area contributed by atoms with Crippen LogP contribution in [0.2, 0.25) is 0 Å². The number of amides is 1. The molecule has 3 heterocycles. The van der Waals surface area contributed by atoms with Gasteiger partial charge in [0.15, 0.2) is 11.0 Å². The number of hydrogen-bond donors (Lipinski definition) is 1. The SMILES string of the molecule is CCc1c(-c2nnc(SCC(=O)Nc3scc(-c4ccccc4)c3C(=O)OC)n2C)csc1C. The van der Waals surface area contributed by atoms with Crippen molar-refractivity contribution in [1.82, 2.24) is 14.8 Å². The lowest BCUT2D eigenvalue weighted by Crippen LogP contribution is -2.16. The Labute approximate surface area is 210 Å². The lowest BCUT2D eigenvalue weighted by Gasteiger charge is -2.08. The zero-order valence-electron chi connectivity index (χ0n) is 19.2. The maximum atomic E-state index is 12.8. The van der Waals surface area contributed by atoms with Crippen molar-refractivity contribution in [2.45, 2.75) is 25.4 Å². The smallest absolute Gasteiger partial charge is 0.341 e. The second-order valence-electron chi connectivity index (χ2n) is 7.45. The van der Waals surface area contributed by atoms with Crippen LogP contribution in [0.3, 0.4) is 0 Å². The Bertz CT molecular complexity index is 1320. The fourth-order valence-electron chi connectivity index (χ4n) is 3.66. The molecule has 34 heavy (non-hydrogen) atoms. The molecule has 0 atom stereocenters. The number of carbonyl (C=O) groups excluding carboxylic acids is 2. The highest BCUT2D eigenvalue weighted by Crippen LogP contribution is 2.36. The first-order valence-electron chi connectivity index (χ1n) is 10.6. The number of anilines is 1. The molecule has 10 heteroatoms. The molecule has 4 rings (SSSR count). The van der Waals surface area contributed by atoms with Crippen LogP contribution in [0, 0.1) is 6.92 Å². The molecule has 0 radical (unpaired) electrons. The van der Waals surface area contributed by atoms with E-state index < -0.39 is 5.97 Å². The van der Waals surface area contributed by atoms with Gasteiger partial charge in [-0.25, -0.2) is 4.79 Å². The van der Waals surface area contributed by atoms with Gasteiger partial charge < -0.3 is 14.6 Å². The Hall–Kier alpha value is -2.95. The quantitative estimate of drug-likeness (QED) is 0.242. The predicted molar refractivity (Wildman–Crippen MR) is 139 cm³/mol. The van der Waals surface area contributed by atoms with Crippen LogP contribution in [0.1, 0.15) is 27.7 Å². The van der Waals surface area contributed by atoms with Crippen LogP contribution in [0.5, 0.6) is 0 Å². The topological polar surface area (TPSA) is 86.1 Å². The molecule has 1 aromatic carbocycles. The highest BCUT2D eigenvalue weighted by molar-refractivity contribution is 7.99. The first-order valence-corrected chi connectivity index (χ1v) is 13.3. The largest absolute Gasteiger partial charge is 0.465 e. The van der Waals surface area contributed by atoms with Crippen LogP contribution in [0.15, 0.2) is 46.2 Å². The Kier molecular flexibility index (Phi) is 7.50. The van der Waals surface area contributed by atoms with Crippen LogP contribution in [0.4, 0.5) is 5.00 Å². The van der Waals surface area contributed by atoms with Crippen molar-refractivity contribution in [3.8, 4) is 22.5 Å². The third kappa shape index (κ3) is 4.79. The standard InChI is InChI=1S/C24H24N4O3S3/c1-5-16-14(2)32-12-18(16)21-26-27-24(28(21)3)34-13-19(29)25-22-20(23(30)31-4)17(11-33-22)15-9-7-6-8-10-15/h6-12H,5,13H2,1-4H3,(H,25,29). The molecule has 0 fully saturated rings. The van der Waals surface area contributed by atoms with Crippen LogP contribution in [-0.2, 0) is 23.0 Å². The van der Waals surface area contributed by atoms with Gasteiger partial charge in [-0.3, -0.25) is 4.79 Å². The monoisotopic (exact) mass is 512 g/mol. The molecule has 0 spiro atoms. The summed E-state index contributed by atoms with van der Waals surface area (Å²) in [6, 6.07) is 9.55. The second kappa shape index (κ2) is 10.5. The summed E-state index contributed by atoms with van der Waals surface area (Å²) in [5, 5.41) is 16.6. The van der Waals surface area contributed by atoms with Gasteiger partial charge in [0.2, 0.25) is 5.91 Å². The molecule has 0 unspecified atom stereocenters. The average Bonchev–Trinajstić information content (AvgIpc) is 3.54. The summed E-state index contributed by atoms with van der Waals surface area (Å²) in [4.78, 5) is 26.5. The molecular formula is C24H24N4O3S3. The van der Waals surface area contributed by atoms with Crippen LogP contribution in [0.25, 0.3) is 22.5 Å². The first-order chi connectivity index (χ1) is 16.4. The van der Waals surface area contributed by atoms with Crippen molar-refractivity contribution in [2.24, 2.45) is 7.05 Å². The fourth-order valence-corrected chi connectivity index (χ4v) is 6.28. The normalized spacial score (nSPS) is 10.9. The summed E-state index contributed by atoms with van der Waals surface area (Å²) in [6.07, 6.45) is 0.927. The van der Waals surface area contributed by atoms with Crippen molar-refractivity contribution < 1.29 is 14.3 Å². The summed E-state index contributed by atoms with van der Waals surface area (Å²) in [7, 11) is 3.24. The number of nitrogens with one attached hydrogen (secondary N) is 1. The predicted octanol–water partition coefficient (Wildman–Crippen LogP) is 5.66. The van der Waals surface area contributed by atoms with E-state index in [4.69, 9.17) is 4.74 Å². The number of aromatic nitrogens is 3. The molecule has 3 aromatic heterocycles. The van der Waals surface area contributed by atoms with Gasteiger partial charge in [0.05, 0.1) is 12.9 Å². The Balaban J connectivity index is 1.49. The van der Waals surface area contributed by atoms with Crippen molar-refractivity contribution >= 4 is 51.3 Å². The number of rotatable bonds is 8. The molecule has 0 aliphatic heterocycles. The molecular weight excluding hydrogens is 488 g/mol. The maximum Gasteiger partial charge on any atom is 0.341 e. The van der Waals surface area contributed by atoms with Gasteiger partial charge in [0, 0.05) is 33.8 Å². The van der Waals surface area contributed by atoms with Crippen LogP contribution >= 0.6 is 34.4 Å². The molecule has 176 valence electrons. The molecule has 0 saturated carbocycles. The summed E-state index contributed by atoms with van der Waals surface area (Å²) < 4.78 is 6.89. The molecule has 0 saturated heterocycles. The minimum atomic E-state index is -0.487. The van der Waals surface area contributed by atoms with Crippen molar-refractivity contribution in [3.05, 3.63) is 57.1 Å². The molecule has 0 aliphatic carbocycles. The second-order valence-corrected chi connectivity index (χ2v) is 10.4. The number of methoxy groups -OCH3 is 1. The molecule has 1 N–H and O–H groups in total. The number of carbonyl (C=O) groups is 2. The fraction of sp³-hybridized carbons (Fsp3) is 0.250. The summed E-state index contributed by atoms with van der Waals surface area (Å²) in [5.74, 6) is 0.206. The molecule has 7 nitrogen and oxygen atoms in total. The third-order valence-corrected chi connectivity index (χ3v) is 8.25. The number of hydrogen-bond acceptors (Lipinski definition) is 8. The summed E-state index contributed by atoms with van der Waals surface area (Å²) in [5.41, 5.74) is 4.34.